The molecular formula is C18H20N6O. The second kappa shape index (κ2) is 6.18. The van der Waals surface area contributed by atoms with Crippen molar-refractivity contribution in [2.45, 2.75) is 26.5 Å². The van der Waals surface area contributed by atoms with Crippen molar-refractivity contribution in [1.29, 1.82) is 0 Å². The lowest BCUT2D eigenvalue weighted by Gasteiger charge is -2.15. The third-order valence-electron chi connectivity index (χ3n) is 4.13. The Morgan fingerprint density at radius 3 is 2.96 bits per heavy atom. The summed E-state index contributed by atoms with van der Waals surface area (Å²) in [7, 11) is 1.66. The van der Waals surface area contributed by atoms with Crippen molar-refractivity contribution in [3.8, 4) is 0 Å². The van der Waals surface area contributed by atoms with Crippen molar-refractivity contribution in [2.75, 3.05) is 12.4 Å². The number of methoxy groups -OCH3 is 1. The van der Waals surface area contributed by atoms with Crippen LogP contribution >= 0.6 is 0 Å². The number of H-pyrrole nitrogens is 1. The van der Waals surface area contributed by atoms with Gasteiger partial charge in [-0.25, -0.2) is 9.97 Å². The minimum Gasteiger partial charge on any atom is -0.378 e. The Labute approximate surface area is 145 Å². The number of anilines is 1. The highest BCUT2D eigenvalue weighted by atomic mass is 16.5. The maximum absolute atomic E-state index is 5.21. The van der Waals surface area contributed by atoms with Crippen molar-refractivity contribution in [3.05, 3.63) is 53.6 Å². The summed E-state index contributed by atoms with van der Waals surface area (Å²) in [5.41, 5.74) is 4.85. The lowest BCUT2D eigenvalue weighted by Crippen LogP contribution is -2.13. The van der Waals surface area contributed by atoms with Gasteiger partial charge >= 0.3 is 0 Å². The number of benzene rings is 1. The fraction of sp³-hybridized carbons (Fsp3) is 0.278. The van der Waals surface area contributed by atoms with E-state index in [1.807, 2.05) is 18.2 Å². The fourth-order valence-corrected chi connectivity index (χ4v) is 2.93. The van der Waals surface area contributed by atoms with E-state index < -0.39 is 0 Å². The summed E-state index contributed by atoms with van der Waals surface area (Å²) in [6, 6.07) is 10.0. The zero-order valence-electron chi connectivity index (χ0n) is 14.4. The molecule has 0 radical (unpaired) electrons. The summed E-state index contributed by atoms with van der Waals surface area (Å²) in [5.74, 6) is 1.73. The number of aromatic nitrogens is 5. The highest BCUT2D eigenvalue weighted by molar-refractivity contribution is 5.76. The number of rotatable bonds is 5. The molecule has 1 unspecified atom stereocenters. The Morgan fingerprint density at radius 1 is 1.24 bits per heavy atom. The molecule has 25 heavy (non-hydrogen) atoms. The zero-order valence-corrected chi connectivity index (χ0v) is 14.4. The summed E-state index contributed by atoms with van der Waals surface area (Å²) in [4.78, 5) is 12.6. The SMILES string of the molecule is COCc1cc(NC(C)c2nc3ccc(C)cc3[nH]2)n2nccc2n1. The molecule has 0 bridgehead atoms. The van der Waals surface area contributed by atoms with E-state index in [1.54, 1.807) is 17.8 Å². The van der Waals surface area contributed by atoms with Gasteiger partial charge in [0.2, 0.25) is 0 Å². The minimum absolute atomic E-state index is 0.0158. The second-order valence-corrected chi connectivity index (χ2v) is 6.18. The zero-order chi connectivity index (χ0) is 17.4. The molecule has 0 aliphatic rings. The average Bonchev–Trinajstić information content (AvgIpc) is 3.21. The van der Waals surface area contributed by atoms with Crippen LogP contribution in [-0.2, 0) is 11.3 Å². The van der Waals surface area contributed by atoms with E-state index in [0.717, 1.165) is 34.0 Å². The average molecular weight is 336 g/mol. The number of fused-ring (bicyclic) bond motifs is 2. The lowest BCUT2D eigenvalue weighted by atomic mass is 10.2. The monoisotopic (exact) mass is 336 g/mol. The quantitative estimate of drug-likeness (QED) is 0.585. The van der Waals surface area contributed by atoms with Gasteiger partial charge in [0, 0.05) is 19.2 Å². The molecule has 3 heterocycles. The summed E-state index contributed by atoms with van der Waals surface area (Å²) in [5, 5.41) is 7.81. The molecule has 0 fully saturated rings. The first-order chi connectivity index (χ1) is 12.1. The first kappa shape index (κ1) is 15.6. The number of aryl methyl sites for hydroxylation is 1. The van der Waals surface area contributed by atoms with E-state index >= 15 is 0 Å². The number of hydrogen-bond acceptors (Lipinski definition) is 5. The van der Waals surface area contributed by atoms with E-state index in [1.165, 1.54) is 5.56 Å². The number of nitrogens with zero attached hydrogens (tertiary/aromatic N) is 4. The van der Waals surface area contributed by atoms with E-state index in [0.29, 0.717) is 6.61 Å². The fourth-order valence-electron chi connectivity index (χ4n) is 2.93. The van der Waals surface area contributed by atoms with Gasteiger partial charge < -0.3 is 15.0 Å². The lowest BCUT2D eigenvalue weighted by molar-refractivity contribution is 0.181. The Kier molecular flexibility index (Phi) is 3.85. The molecule has 4 aromatic rings. The molecule has 0 aliphatic carbocycles. The molecule has 1 atom stereocenters. The maximum Gasteiger partial charge on any atom is 0.157 e. The summed E-state index contributed by atoms with van der Waals surface area (Å²) >= 11 is 0. The largest absolute Gasteiger partial charge is 0.378 e. The van der Waals surface area contributed by atoms with E-state index in [9.17, 15) is 0 Å². The molecule has 7 nitrogen and oxygen atoms in total. The second-order valence-electron chi connectivity index (χ2n) is 6.18. The first-order valence-electron chi connectivity index (χ1n) is 8.19. The summed E-state index contributed by atoms with van der Waals surface area (Å²) < 4.78 is 6.99. The Morgan fingerprint density at radius 2 is 2.12 bits per heavy atom. The van der Waals surface area contributed by atoms with Crippen molar-refractivity contribution < 1.29 is 4.74 Å². The van der Waals surface area contributed by atoms with Crippen LogP contribution in [0.3, 0.4) is 0 Å². The number of nitrogens with one attached hydrogen (secondary N) is 2. The number of imidazole rings is 1. The van der Waals surface area contributed by atoms with Gasteiger partial charge in [-0.05, 0) is 31.5 Å². The van der Waals surface area contributed by atoms with Crippen LogP contribution in [0.15, 0.2) is 36.5 Å². The van der Waals surface area contributed by atoms with Crippen LogP contribution in [-0.4, -0.2) is 31.7 Å². The third-order valence-corrected chi connectivity index (χ3v) is 4.13. The van der Waals surface area contributed by atoms with Gasteiger partial charge in [0.1, 0.15) is 11.6 Å². The van der Waals surface area contributed by atoms with Gasteiger partial charge in [-0.2, -0.15) is 9.61 Å². The predicted molar refractivity (Wildman–Crippen MR) is 96.6 cm³/mol. The van der Waals surface area contributed by atoms with Crippen LogP contribution in [0.2, 0.25) is 0 Å². The van der Waals surface area contributed by atoms with Crippen molar-refractivity contribution in [1.82, 2.24) is 24.6 Å². The molecule has 4 rings (SSSR count). The maximum atomic E-state index is 5.21. The number of aromatic amines is 1. The van der Waals surface area contributed by atoms with Gasteiger partial charge in [-0.3, -0.25) is 0 Å². The number of hydrogen-bond donors (Lipinski definition) is 2. The molecule has 7 heteroatoms. The van der Waals surface area contributed by atoms with Crippen LogP contribution in [0.25, 0.3) is 16.7 Å². The van der Waals surface area contributed by atoms with Crippen LogP contribution in [0, 0.1) is 6.92 Å². The van der Waals surface area contributed by atoms with Crippen molar-refractivity contribution in [3.63, 3.8) is 0 Å². The van der Waals surface area contributed by atoms with E-state index in [2.05, 4.69) is 51.3 Å². The molecule has 0 saturated carbocycles. The van der Waals surface area contributed by atoms with E-state index in [-0.39, 0.29) is 6.04 Å². The molecule has 2 N–H and O–H groups in total. The Bertz CT molecular complexity index is 1030. The van der Waals surface area contributed by atoms with Gasteiger partial charge in [-0.15, -0.1) is 0 Å². The van der Waals surface area contributed by atoms with Gasteiger partial charge in [-0.1, -0.05) is 6.07 Å². The minimum atomic E-state index is -0.0158. The van der Waals surface area contributed by atoms with Gasteiger partial charge in [0.15, 0.2) is 5.65 Å². The predicted octanol–water partition coefficient (Wildman–Crippen LogP) is 3.23. The summed E-state index contributed by atoms with van der Waals surface area (Å²) in [6.45, 7) is 4.59. The summed E-state index contributed by atoms with van der Waals surface area (Å²) in [6.07, 6.45) is 1.73. The molecule has 0 saturated heterocycles. The highest BCUT2D eigenvalue weighted by Crippen LogP contribution is 2.22. The van der Waals surface area contributed by atoms with Crippen LogP contribution < -0.4 is 5.32 Å². The third kappa shape index (κ3) is 2.94. The highest BCUT2D eigenvalue weighted by Gasteiger charge is 2.14. The van der Waals surface area contributed by atoms with Gasteiger partial charge in [0.25, 0.3) is 0 Å². The molecule has 128 valence electrons. The van der Waals surface area contributed by atoms with Crippen LogP contribution in [0.4, 0.5) is 5.82 Å². The first-order valence-corrected chi connectivity index (χ1v) is 8.19. The van der Waals surface area contributed by atoms with Crippen molar-refractivity contribution in [2.24, 2.45) is 0 Å². The molecular weight excluding hydrogens is 316 g/mol. The molecule has 0 aliphatic heterocycles. The number of ether oxygens (including phenoxy) is 1. The molecule has 0 amide bonds. The van der Waals surface area contributed by atoms with Crippen molar-refractivity contribution >= 4 is 22.5 Å². The van der Waals surface area contributed by atoms with E-state index in [4.69, 9.17) is 4.74 Å². The Hall–Kier alpha value is -2.93. The molecule has 1 aromatic carbocycles. The normalized spacial score (nSPS) is 12.8. The molecule has 0 spiro atoms. The van der Waals surface area contributed by atoms with Gasteiger partial charge in [0.05, 0.1) is 35.6 Å². The van der Waals surface area contributed by atoms with Crippen LogP contribution in [0.1, 0.15) is 30.0 Å². The topological polar surface area (TPSA) is 80.1 Å². The standard InChI is InChI=1S/C18H20N6O/c1-11-4-5-14-15(8-11)23-18(22-14)12(2)20-17-9-13(10-25-3)21-16-6-7-19-24(16)17/h4-9,12,20H,10H2,1-3H3,(H,22,23). The van der Waals surface area contributed by atoms with Crippen LogP contribution in [0.5, 0.6) is 0 Å². The molecule has 3 aromatic heterocycles. The Balaban J connectivity index is 1.68. The smallest absolute Gasteiger partial charge is 0.157 e.